The molecule has 2 aromatic rings. The molecule has 0 radical (unpaired) electrons. The molecule has 1 aromatic heterocycles. The Balaban J connectivity index is 1.73. The monoisotopic (exact) mass is 325 g/mol. The van der Waals surface area contributed by atoms with Crippen LogP contribution >= 0.6 is 0 Å². The second kappa shape index (κ2) is 7.01. The van der Waals surface area contributed by atoms with Gasteiger partial charge in [0.2, 0.25) is 0 Å². The molecule has 2 N–H and O–H groups in total. The predicted molar refractivity (Wildman–Crippen MR) is 95.4 cm³/mol. The van der Waals surface area contributed by atoms with Gasteiger partial charge in [0.1, 0.15) is 5.82 Å². The summed E-state index contributed by atoms with van der Waals surface area (Å²) in [5.74, 6) is 0.932. The highest BCUT2D eigenvalue weighted by atomic mass is 16.3. The van der Waals surface area contributed by atoms with Crippen LogP contribution in [-0.4, -0.2) is 35.2 Å². The Morgan fingerprint density at radius 3 is 2.75 bits per heavy atom. The lowest BCUT2D eigenvalue weighted by molar-refractivity contribution is 0.0989. The summed E-state index contributed by atoms with van der Waals surface area (Å²) >= 11 is 0. The number of pyridine rings is 1. The van der Waals surface area contributed by atoms with Crippen LogP contribution in [0.15, 0.2) is 42.6 Å². The third kappa shape index (κ3) is 3.26. The first-order chi connectivity index (χ1) is 11.6. The van der Waals surface area contributed by atoms with Gasteiger partial charge in [0.25, 0.3) is 5.91 Å². The van der Waals surface area contributed by atoms with Crippen LogP contribution in [-0.2, 0) is 6.42 Å². The lowest BCUT2D eigenvalue weighted by Crippen LogP contribution is -2.30. The summed E-state index contributed by atoms with van der Waals surface area (Å²) in [6, 6.07) is 11.5. The van der Waals surface area contributed by atoms with Gasteiger partial charge < -0.3 is 15.3 Å². The van der Waals surface area contributed by atoms with E-state index < -0.39 is 0 Å². The van der Waals surface area contributed by atoms with E-state index in [1.807, 2.05) is 36.9 Å². The molecule has 1 aliphatic heterocycles. The molecule has 126 valence electrons. The summed E-state index contributed by atoms with van der Waals surface area (Å²) in [5.41, 5.74) is 2.77. The number of para-hydroxylation sites is 1. The number of carbonyl (C=O) groups is 1. The maximum Gasteiger partial charge on any atom is 0.259 e. The minimum atomic E-state index is -0.0514. The SMILES string of the molecule is CC(C)[C@@H](CO)Nc1ccc(C(=O)N2CCc3ccccc32)cn1. The highest BCUT2D eigenvalue weighted by Crippen LogP contribution is 2.28. The van der Waals surface area contributed by atoms with Crippen molar-refractivity contribution in [3.8, 4) is 0 Å². The molecule has 2 heterocycles. The number of aliphatic hydroxyl groups excluding tert-OH is 1. The number of benzene rings is 1. The van der Waals surface area contributed by atoms with Gasteiger partial charge in [0, 0.05) is 18.4 Å². The Morgan fingerprint density at radius 1 is 1.29 bits per heavy atom. The number of fused-ring (bicyclic) bond motifs is 1. The first kappa shape index (κ1) is 16.5. The van der Waals surface area contributed by atoms with E-state index in [9.17, 15) is 9.90 Å². The van der Waals surface area contributed by atoms with Gasteiger partial charge in [0.05, 0.1) is 18.2 Å². The van der Waals surface area contributed by atoms with Crippen molar-refractivity contribution in [3.63, 3.8) is 0 Å². The largest absolute Gasteiger partial charge is 0.394 e. The molecule has 0 saturated carbocycles. The van der Waals surface area contributed by atoms with Gasteiger partial charge in [-0.05, 0) is 36.1 Å². The van der Waals surface area contributed by atoms with Crippen molar-refractivity contribution in [2.75, 3.05) is 23.4 Å². The Kier molecular flexibility index (Phi) is 4.81. The highest BCUT2D eigenvalue weighted by Gasteiger charge is 2.25. The lowest BCUT2D eigenvalue weighted by atomic mass is 10.1. The first-order valence-electron chi connectivity index (χ1n) is 8.33. The molecule has 0 unspecified atom stereocenters. The summed E-state index contributed by atoms with van der Waals surface area (Å²) in [5, 5.41) is 12.6. The normalized spacial score (nSPS) is 14.6. The van der Waals surface area contributed by atoms with Crippen molar-refractivity contribution < 1.29 is 9.90 Å². The van der Waals surface area contributed by atoms with Crippen LogP contribution < -0.4 is 10.2 Å². The highest BCUT2D eigenvalue weighted by molar-refractivity contribution is 6.07. The number of hydrogen-bond donors (Lipinski definition) is 2. The van der Waals surface area contributed by atoms with Crippen LogP contribution in [0.25, 0.3) is 0 Å². The Morgan fingerprint density at radius 2 is 2.08 bits per heavy atom. The molecule has 3 rings (SSSR count). The Bertz CT molecular complexity index is 713. The minimum Gasteiger partial charge on any atom is -0.394 e. The second-order valence-electron chi connectivity index (χ2n) is 6.45. The summed E-state index contributed by atoms with van der Waals surface area (Å²) in [7, 11) is 0. The number of aromatic nitrogens is 1. The van der Waals surface area contributed by atoms with E-state index in [0.29, 0.717) is 23.8 Å². The van der Waals surface area contributed by atoms with Gasteiger partial charge in [0.15, 0.2) is 0 Å². The third-order valence-corrected chi connectivity index (χ3v) is 4.48. The predicted octanol–water partition coefficient (Wildman–Crippen LogP) is 2.71. The van der Waals surface area contributed by atoms with E-state index in [4.69, 9.17) is 0 Å². The topological polar surface area (TPSA) is 65.5 Å². The summed E-state index contributed by atoms with van der Waals surface area (Å²) in [6.45, 7) is 4.83. The zero-order valence-electron chi connectivity index (χ0n) is 14.1. The van der Waals surface area contributed by atoms with Crippen molar-refractivity contribution in [2.45, 2.75) is 26.3 Å². The molecule has 1 aromatic carbocycles. The number of carbonyl (C=O) groups excluding carboxylic acids is 1. The maximum absolute atomic E-state index is 12.7. The van der Waals surface area contributed by atoms with Crippen molar-refractivity contribution in [1.29, 1.82) is 0 Å². The minimum absolute atomic E-state index is 0.0263. The molecular weight excluding hydrogens is 302 g/mol. The first-order valence-corrected chi connectivity index (χ1v) is 8.33. The molecule has 24 heavy (non-hydrogen) atoms. The smallest absolute Gasteiger partial charge is 0.259 e. The van der Waals surface area contributed by atoms with Crippen LogP contribution in [0.4, 0.5) is 11.5 Å². The van der Waals surface area contributed by atoms with Crippen LogP contribution in [0.1, 0.15) is 29.8 Å². The molecule has 5 heteroatoms. The van der Waals surface area contributed by atoms with Gasteiger partial charge in [-0.2, -0.15) is 0 Å². The fourth-order valence-electron chi connectivity index (χ4n) is 2.92. The third-order valence-electron chi connectivity index (χ3n) is 4.48. The quantitative estimate of drug-likeness (QED) is 0.887. The zero-order chi connectivity index (χ0) is 17.1. The zero-order valence-corrected chi connectivity index (χ0v) is 14.1. The molecule has 1 atom stereocenters. The van der Waals surface area contributed by atoms with Gasteiger partial charge in [-0.3, -0.25) is 4.79 Å². The van der Waals surface area contributed by atoms with Crippen molar-refractivity contribution >= 4 is 17.4 Å². The molecule has 1 aliphatic rings. The van der Waals surface area contributed by atoms with Crippen molar-refractivity contribution in [1.82, 2.24) is 4.98 Å². The van der Waals surface area contributed by atoms with E-state index in [1.165, 1.54) is 5.56 Å². The van der Waals surface area contributed by atoms with E-state index in [1.54, 1.807) is 18.3 Å². The maximum atomic E-state index is 12.7. The number of aliphatic hydroxyl groups is 1. The summed E-state index contributed by atoms with van der Waals surface area (Å²) in [4.78, 5) is 18.9. The van der Waals surface area contributed by atoms with Crippen LogP contribution in [0.2, 0.25) is 0 Å². The van der Waals surface area contributed by atoms with Crippen LogP contribution in [0.3, 0.4) is 0 Å². The number of nitrogens with one attached hydrogen (secondary N) is 1. The van der Waals surface area contributed by atoms with Crippen LogP contribution in [0, 0.1) is 5.92 Å². The van der Waals surface area contributed by atoms with Gasteiger partial charge in [-0.1, -0.05) is 32.0 Å². The van der Waals surface area contributed by atoms with Crippen molar-refractivity contribution in [3.05, 3.63) is 53.7 Å². The average Bonchev–Trinajstić information content (AvgIpc) is 3.03. The average molecular weight is 325 g/mol. The van der Waals surface area contributed by atoms with Crippen molar-refractivity contribution in [2.24, 2.45) is 5.92 Å². The van der Waals surface area contributed by atoms with E-state index in [-0.39, 0.29) is 18.6 Å². The van der Waals surface area contributed by atoms with E-state index >= 15 is 0 Å². The Hall–Kier alpha value is -2.40. The molecule has 1 amide bonds. The molecule has 0 bridgehead atoms. The molecular formula is C19H23N3O2. The number of amides is 1. The number of hydrogen-bond acceptors (Lipinski definition) is 4. The summed E-state index contributed by atoms with van der Waals surface area (Å²) < 4.78 is 0. The standard InChI is InChI=1S/C19H23N3O2/c1-13(2)16(12-23)21-18-8-7-15(11-20-18)19(24)22-10-9-14-5-3-4-6-17(14)22/h3-8,11,13,16,23H,9-10,12H2,1-2H3,(H,20,21)/t16-/m1/s1. The fourth-order valence-corrected chi connectivity index (χ4v) is 2.92. The van der Waals surface area contributed by atoms with E-state index in [2.05, 4.69) is 16.4 Å². The summed E-state index contributed by atoms with van der Waals surface area (Å²) in [6.07, 6.45) is 2.49. The molecule has 0 saturated heterocycles. The van der Waals surface area contributed by atoms with E-state index in [0.717, 1.165) is 12.1 Å². The number of rotatable bonds is 5. The number of nitrogens with zero attached hydrogens (tertiary/aromatic N) is 2. The lowest BCUT2D eigenvalue weighted by Gasteiger charge is -2.21. The van der Waals surface area contributed by atoms with Gasteiger partial charge in [-0.25, -0.2) is 4.98 Å². The molecule has 5 nitrogen and oxygen atoms in total. The number of anilines is 2. The second-order valence-corrected chi connectivity index (χ2v) is 6.45. The molecule has 0 aliphatic carbocycles. The molecule has 0 spiro atoms. The Labute approximate surface area is 142 Å². The molecule has 0 fully saturated rings. The van der Waals surface area contributed by atoms with Gasteiger partial charge in [-0.15, -0.1) is 0 Å². The fraction of sp³-hybridized carbons (Fsp3) is 0.368. The van der Waals surface area contributed by atoms with Gasteiger partial charge >= 0.3 is 0 Å². The van der Waals surface area contributed by atoms with Crippen LogP contribution in [0.5, 0.6) is 0 Å².